The zero-order chi connectivity index (χ0) is 14.6. The van der Waals surface area contributed by atoms with Gasteiger partial charge in [-0.25, -0.2) is 4.68 Å². The molecule has 0 atom stereocenters. The van der Waals surface area contributed by atoms with Gasteiger partial charge in [-0.05, 0) is 18.2 Å². The Balaban J connectivity index is 2.16. The minimum atomic E-state index is -4.36. The Hall–Kier alpha value is -1.89. The number of rotatable bonds is 5. The second-order valence-corrected chi connectivity index (χ2v) is 4.34. The van der Waals surface area contributed by atoms with E-state index in [-0.39, 0.29) is 12.1 Å². The third-order valence-electron chi connectivity index (χ3n) is 2.80. The molecule has 2 rings (SSSR count). The quantitative estimate of drug-likeness (QED) is 0.917. The molecule has 0 fully saturated rings. The summed E-state index contributed by atoms with van der Waals surface area (Å²) in [5, 5.41) is 10.8. The van der Waals surface area contributed by atoms with E-state index in [4.69, 9.17) is 0 Å². The van der Waals surface area contributed by atoms with Crippen LogP contribution >= 0.6 is 0 Å². The Morgan fingerprint density at radius 1 is 1.25 bits per heavy atom. The molecular formula is C13H15F3N4. The molecule has 2 aromatic rings. The van der Waals surface area contributed by atoms with Crippen LogP contribution in [0.1, 0.15) is 23.7 Å². The fourth-order valence-electron chi connectivity index (χ4n) is 1.86. The Kier molecular flexibility index (Phi) is 4.39. The van der Waals surface area contributed by atoms with Gasteiger partial charge in [0.2, 0.25) is 0 Å². The normalized spacial score (nSPS) is 11.8. The van der Waals surface area contributed by atoms with Gasteiger partial charge in [0.05, 0.1) is 24.0 Å². The fourth-order valence-corrected chi connectivity index (χ4v) is 1.86. The van der Waals surface area contributed by atoms with Crippen molar-refractivity contribution in [2.45, 2.75) is 26.2 Å². The van der Waals surface area contributed by atoms with E-state index in [2.05, 4.69) is 15.6 Å². The maximum Gasteiger partial charge on any atom is 0.416 e. The molecule has 0 bridgehead atoms. The van der Waals surface area contributed by atoms with Gasteiger partial charge in [0.15, 0.2) is 0 Å². The summed E-state index contributed by atoms with van der Waals surface area (Å²) in [6, 6.07) is 5.49. The lowest BCUT2D eigenvalue weighted by Crippen LogP contribution is -2.12. The van der Waals surface area contributed by atoms with Gasteiger partial charge in [-0.15, -0.1) is 5.10 Å². The Morgan fingerprint density at radius 3 is 2.70 bits per heavy atom. The maximum absolute atomic E-state index is 12.9. The molecule has 1 heterocycles. The molecule has 1 aromatic carbocycles. The van der Waals surface area contributed by atoms with E-state index in [0.29, 0.717) is 12.2 Å². The Labute approximate surface area is 114 Å². The fraction of sp³-hybridized carbons (Fsp3) is 0.385. The summed E-state index contributed by atoms with van der Waals surface area (Å²) < 4.78 is 40.0. The van der Waals surface area contributed by atoms with Crippen LogP contribution in [0.2, 0.25) is 0 Å². The average Bonchev–Trinajstić information content (AvgIpc) is 2.83. The predicted octanol–water partition coefficient (Wildman–Crippen LogP) is 2.45. The third kappa shape index (κ3) is 3.57. The molecule has 0 radical (unpaired) electrons. The van der Waals surface area contributed by atoms with E-state index in [1.54, 1.807) is 12.3 Å². The first-order valence-electron chi connectivity index (χ1n) is 6.25. The van der Waals surface area contributed by atoms with Crippen molar-refractivity contribution >= 4 is 0 Å². The smallest absolute Gasteiger partial charge is 0.311 e. The highest BCUT2D eigenvalue weighted by Gasteiger charge is 2.32. The van der Waals surface area contributed by atoms with Crippen LogP contribution in [-0.2, 0) is 19.3 Å². The van der Waals surface area contributed by atoms with Crippen LogP contribution < -0.4 is 5.32 Å². The number of hydrogen-bond donors (Lipinski definition) is 1. The summed E-state index contributed by atoms with van der Waals surface area (Å²) in [6.07, 6.45) is -2.71. The number of nitrogens with one attached hydrogen (secondary N) is 1. The number of halogens is 3. The lowest BCUT2D eigenvalue weighted by Gasteiger charge is -2.12. The van der Waals surface area contributed by atoms with Crippen LogP contribution in [0.3, 0.4) is 0 Å². The van der Waals surface area contributed by atoms with E-state index in [1.165, 1.54) is 16.8 Å². The highest BCUT2D eigenvalue weighted by molar-refractivity contribution is 5.29. The summed E-state index contributed by atoms with van der Waals surface area (Å²) in [4.78, 5) is 0. The predicted molar refractivity (Wildman–Crippen MR) is 67.9 cm³/mol. The molecular weight excluding hydrogens is 269 g/mol. The van der Waals surface area contributed by atoms with Crippen molar-refractivity contribution < 1.29 is 13.2 Å². The maximum atomic E-state index is 12.9. The molecule has 4 nitrogen and oxygen atoms in total. The molecule has 0 unspecified atom stereocenters. The highest BCUT2D eigenvalue weighted by Crippen LogP contribution is 2.32. The summed E-state index contributed by atoms with van der Waals surface area (Å²) in [6.45, 7) is 3.36. The summed E-state index contributed by atoms with van der Waals surface area (Å²) in [7, 11) is 0. The van der Waals surface area contributed by atoms with Gasteiger partial charge in [0.1, 0.15) is 0 Å². The van der Waals surface area contributed by atoms with Crippen LogP contribution in [0, 0.1) is 0 Å². The van der Waals surface area contributed by atoms with Crippen molar-refractivity contribution in [2.24, 2.45) is 0 Å². The zero-order valence-corrected chi connectivity index (χ0v) is 11.0. The van der Waals surface area contributed by atoms with Crippen molar-refractivity contribution in [3.05, 3.63) is 47.3 Å². The topological polar surface area (TPSA) is 42.7 Å². The minimum Gasteiger partial charge on any atom is -0.311 e. The summed E-state index contributed by atoms with van der Waals surface area (Å²) >= 11 is 0. The van der Waals surface area contributed by atoms with Crippen LogP contribution in [0.5, 0.6) is 0 Å². The average molecular weight is 284 g/mol. The first-order chi connectivity index (χ1) is 9.50. The van der Waals surface area contributed by atoms with Gasteiger partial charge in [-0.2, -0.15) is 13.2 Å². The Morgan fingerprint density at radius 2 is 2.00 bits per heavy atom. The van der Waals surface area contributed by atoms with Gasteiger partial charge in [0.25, 0.3) is 0 Å². The Bertz CT molecular complexity index is 563. The van der Waals surface area contributed by atoms with Gasteiger partial charge in [-0.1, -0.05) is 30.3 Å². The molecule has 0 aliphatic rings. The second-order valence-electron chi connectivity index (χ2n) is 4.34. The molecule has 0 amide bonds. The molecule has 0 aliphatic carbocycles. The van der Waals surface area contributed by atoms with E-state index >= 15 is 0 Å². The van der Waals surface area contributed by atoms with Gasteiger partial charge in [-0.3, -0.25) is 0 Å². The number of benzene rings is 1. The number of aromatic nitrogens is 3. The van der Waals surface area contributed by atoms with Crippen molar-refractivity contribution in [1.82, 2.24) is 20.3 Å². The largest absolute Gasteiger partial charge is 0.416 e. The number of alkyl halides is 3. The van der Waals surface area contributed by atoms with E-state index < -0.39 is 11.7 Å². The lowest BCUT2D eigenvalue weighted by molar-refractivity contribution is -0.138. The van der Waals surface area contributed by atoms with Crippen molar-refractivity contribution in [3.8, 4) is 0 Å². The summed E-state index contributed by atoms with van der Waals surface area (Å²) in [5.41, 5.74) is 0.250. The SMILES string of the molecule is CCNCc1cn(Cc2ccccc2C(F)(F)F)nn1. The van der Waals surface area contributed by atoms with Gasteiger partial charge in [0, 0.05) is 6.54 Å². The zero-order valence-electron chi connectivity index (χ0n) is 11.0. The van der Waals surface area contributed by atoms with Crippen LogP contribution in [0.25, 0.3) is 0 Å². The van der Waals surface area contributed by atoms with Crippen LogP contribution in [0.4, 0.5) is 13.2 Å². The molecule has 0 spiro atoms. The molecule has 108 valence electrons. The van der Waals surface area contributed by atoms with Crippen molar-refractivity contribution in [3.63, 3.8) is 0 Å². The standard InChI is InChI=1S/C13H15F3N4/c1-2-17-7-11-9-20(19-18-11)8-10-5-3-4-6-12(10)13(14,15)16/h3-6,9,17H,2,7-8H2,1H3. The molecule has 1 aromatic heterocycles. The molecule has 0 saturated heterocycles. The molecule has 0 saturated carbocycles. The first-order valence-corrected chi connectivity index (χ1v) is 6.25. The second kappa shape index (κ2) is 6.04. The van der Waals surface area contributed by atoms with Crippen LogP contribution in [-0.4, -0.2) is 21.5 Å². The highest BCUT2D eigenvalue weighted by atomic mass is 19.4. The van der Waals surface area contributed by atoms with E-state index in [1.807, 2.05) is 6.92 Å². The third-order valence-corrected chi connectivity index (χ3v) is 2.80. The van der Waals surface area contributed by atoms with Crippen molar-refractivity contribution in [1.29, 1.82) is 0 Å². The van der Waals surface area contributed by atoms with Crippen LogP contribution in [0.15, 0.2) is 30.5 Å². The van der Waals surface area contributed by atoms with E-state index in [9.17, 15) is 13.2 Å². The molecule has 1 N–H and O–H groups in total. The lowest BCUT2D eigenvalue weighted by atomic mass is 10.1. The number of hydrogen-bond acceptors (Lipinski definition) is 3. The monoisotopic (exact) mass is 284 g/mol. The summed E-state index contributed by atoms with van der Waals surface area (Å²) in [5.74, 6) is 0. The van der Waals surface area contributed by atoms with E-state index in [0.717, 1.165) is 12.6 Å². The molecule has 0 aliphatic heterocycles. The first kappa shape index (κ1) is 14.5. The van der Waals surface area contributed by atoms with Gasteiger partial charge < -0.3 is 5.32 Å². The molecule has 20 heavy (non-hydrogen) atoms. The minimum absolute atomic E-state index is 0.0504. The van der Waals surface area contributed by atoms with Gasteiger partial charge >= 0.3 is 6.18 Å². The molecule has 7 heteroatoms. The number of nitrogens with zero attached hydrogens (tertiary/aromatic N) is 3. The van der Waals surface area contributed by atoms with Crippen molar-refractivity contribution in [2.75, 3.05) is 6.54 Å².